The van der Waals surface area contributed by atoms with Gasteiger partial charge in [-0.1, -0.05) is 24.3 Å². The van der Waals surface area contributed by atoms with Crippen LogP contribution in [0.5, 0.6) is 11.5 Å². The molecular weight excluding hydrogens is 787 g/mol. The number of carboxylic acids is 1. The largest absolute Gasteiger partial charge is 0.508 e. The van der Waals surface area contributed by atoms with Crippen molar-refractivity contribution in [1.29, 1.82) is 0 Å². The second-order valence-electron chi connectivity index (χ2n) is 14.5. The maximum Gasteiger partial charge on any atom is 0.326 e. The lowest BCUT2D eigenvalue weighted by Gasteiger charge is -2.36. The van der Waals surface area contributed by atoms with Gasteiger partial charge in [-0.2, -0.15) is 11.8 Å². The van der Waals surface area contributed by atoms with E-state index in [2.05, 4.69) is 31.9 Å². The summed E-state index contributed by atoms with van der Waals surface area (Å²) in [7, 11) is 1.49. The third-order valence-corrected chi connectivity index (χ3v) is 11.1. The number of phenolic OH excluding ortho intramolecular Hbond substituents is 2. The number of aliphatic carboxylic acids is 1. The van der Waals surface area contributed by atoms with E-state index in [1.165, 1.54) is 60.3 Å². The Morgan fingerprint density at radius 1 is 1.00 bits per heavy atom. The van der Waals surface area contributed by atoms with Gasteiger partial charge in [0.1, 0.15) is 41.5 Å². The molecular formula is C40H49N7O11S. The normalized spacial score (nSPS) is 21.1. The highest BCUT2D eigenvalue weighted by molar-refractivity contribution is 7.98. The van der Waals surface area contributed by atoms with Crippen molar-refractivity contribution in [3.63, 3.8) is 0 Å². The molecule has 0 aliphatic carbocycles. The monoisotopic (exact) mass is 835 g/mol. The number of likely N-dealkylation sites (N-methyl/N-ethyl adjacent to an activating group) is 1. The van der Waals surface area contributed by atoms with Crippen LogP contribution < -0.4 is 31.9 Å². The van der Waals surface area contributed by atoms with E-state index in [-0.39, 0.29) is 36.7 Å². The molecule has 18 nitrogen and oxygen atoms in total. The minimum absolute atomic E-state index is 0.0616. The minimum atomic E-state index is -1.42. The van der Waals surface area contributed by atoms with Crippen molar-refractivity contribution in [3.05, 3.63) is 83.3 Å². The molecule has 0 radical (unpaired) electrons. The van der Waals surface area contributed by atoms with E-state index in [0.717, 1.165) is 11.1 Å². The fraction of sp³-hybridized carbons (Fsp3) is 0.425. The lowest BCUT2D eigenvalue weighted by atomic mass is 9.94. The van der Waals surface area contributed by atoms with Gasteiger partial charge >= 0.3 is 12.0 Å². The van der Waals surface area contributed by atoms with Gasteiger partial charge in [0.25, 0.3) is 0 Å². The van der Waals surface area contributed by atoms with Crippen molar-refractivity contribution in [2.24, 2.45) is 5.92 Å². The average Bonchev–Trinajstić information content (AvgIpc) is 3.67. The minimum Gasteiger partial charge on any atom is -0.508 e. The summed E-state index contributed by atoms with van der Waals surface area (Å²) in [5.74, 6) is -4.28. The second kappa shape index (κ2) is 20.1. The highest BCUT2D eigenvalue weighted by atomic mass is 32.2. The number of rotatable bonds is 16. The number of carbonyl (C=O) groups excluding carboxylic acids is 6. The quantitative estimate of drug-likeness (QED) is 0.105. The summed E-state index contributed by atoms with van der Waals surface area (Å²) in [4.78, 5) is 92.5. The molecule has 2 aromatic rings. The van der Waals surface area contributed by atoms with Gasteiger partial charge in [0.05, 0.1) is 18.0 Å². The molecule has 0 spiro atoms. The first-order chi connectivity index (χ1) is 28.1. The van der Waals surface area contributed by atoms with E-state index in [9.17, 15) is 48.9 Å². The second-order valence-corrected chi connectivity index (χ2v) is 15.5. The summed E-state index contributed by atoms with van der Waals surface area (Å²) < 4.78 is 5.93. The zero-order chi connectivity index (χ0) is 42.8. The number of phenols is 2. The van der Waals surface area contributed by atoms with Crippen LogP contribution in [0.25, 0.3) is 0 Å². The summed E-state index contributed by atoms with van der Waals surface area (Å²) >= 11 is 1.39. The van der Waals surface area contributed by atoms with Gasteiger partial charge in [-0.05, 0) is 79.2 Å². The number of imide groups is 1. The lowest BCUT2D eigenvalue weighted by molar-refractivity contribution is -0.139. The fourth-order valence-corrected chi connectivity index (χ4v) is 7.47. The van der Waals surface area contributed by atoms with Crippen LogP contribution in [0.1, 0.15) is 42.9 Å². The van der Waals surface area contributed by atoms with Crippen molar-refractivity contribution < 1.29 is 53.6 Å². The van der Waals surface area contributed by atoms with E-state index < -0.39 is 77.9 Å². The van der Waals surface area contributed by atoms with E-state index >= 15 is 0 Å². The van der Waals surface area contributed by atoms with Gasteiger partial charge in [-0.25, -0.2) is 9.59 Å². The molecule has 5 rings (SSSR count). The summed E-state index contributed by atoms with van der Waals surface area (Å²) in [6, 6.07) is 4.13. The van der Waals surface area contributed by atoms with Gasteiger partial charge in [-0.15, -0.1) is 0 Å². The number of nitrogens with one attached hydrogen (secondary N) is 6. The van der Waals surface area contributed by atoms with Crippen LogP contribution in [-0.2, 0) is 52.9 Å². The Balaban J connectivity index is 1.32. The highest BCUT2D eigenvalue weighted by Crippen LogP contribution is 2.30. The van der Waals surface area contributed by atoms with Gasteiger partial charge in [0.15, 0.2) is 0 Å². The molecule has 2 aromatic carbocycles. The Labute approximate surface area is 344 Å². The van der Waals surface area contributed by atoms with Crippen LogP contribution in [0, 0.1) is 5.92 Å². The number of allylic oxidation sites excluding steroid dienone is 1. The Bertz CT molecular complexity index is 2010. The van der Waals surface area contributed by atoms with Crippen LogP contribution in [-0.4, -0.2) is 117 Å². The molecule has 7 unspecified atom stereocenters. The van der Waals surface area contributed by atoms with Gasteiger partial charge in [-0.3, -0.25) is 29.3 Å². The van der Waals surface area contributed by atoms with Crippen LogP contribution >= 0.6 is 11.8 Å². The van der Waals surface area contributed by atoms with Crippen molar-refractivity contribution in [2.45, 2.75) is 81.9 Å². The van der Waals surface area contributed by atoms with E-state index in [4.69, 9.17) is 4.74 Å². The number of fused-ring (bicyclic) bond motifs is 1. The smallest absolute Gasteiger partial charge is 0.326 e. The van der Waals surface area contributed by atoms with Gasteiger partial charge in [0, 0.05) is 38.7 Å². The lowest BCUT2D eigenvalue weighted by Crippen LogP contribution is -2.62. The molecule has 1 saturated heterocycles. The first-order valence-corrected chi connectivity index (χ1v) is 20.4. The van der Waals surface area contributed by atoms with Crippen LogP contribution in [0.4, 0.5) is 4.79 Å². The van der Waals surface area contributed by atoms with E-state index in [0.29, 0.717) is 36.5 Å². The van der Waals surface area contributed by atoms with Gasteiger partial charge in [0.2, 0.25) is 29.5 Å². The first-order valence-electron chi connectivity index (χ1n) is 19.0. The summed E-state index contributed by atoms with van der Waals surface area (Å²) in [5, 5.41) is 45.4. The molecule has 3 aliphatic rings. The maximum atomic E-state index is 14.0. The zero-order valence-electron chi connectivity index (χ0n) is 32.7. The molecule has 9 N–H and O–H groups in total. The van der Waals surface area contributed by atoms with Crippen LogP contribution in [0.15, 0.2) is 66.6 Å². The maximum absolute atomic E-state index is 14.0. The third-order valence-electron chi connectivity index (χ3n) is 10.4. The van der Waals surface area contributed by atoms with Crippen LogP contribution in [0.3, 0.4) is 0 Å². The molecule has 0 bridgehead atoms. The summed E-state index contributed by atoms with van der Waals surface area (Å²) in [5.41, 5.74) is 2.16. The average molecular weight is 836 g/mol. The fourth-order valence-electron chi connectivity index (χ4n) is 7.00. The Morgan fingerprint density at radius 3 is 2.46 bits per heavy atom. The van der Waals surface area contributed by atoms with E-state index in [1.807, 2.05) is 0 Å². The molecule has 3 aliphatic heterocycles. The van der Waals surface area contributed by atoms with Crippen LogP contribution in [0.2, 0.25) is 0 Å². The summed E-state index contributed by atoms with van der Waals surface area (Å²) in [6.07, 6.45) is 6.20. The number of urea groups is 1. The molecule has 0 saturated carbocycles. The third kappa shape index (κ3) is 11.8. The van der Waals surface area contributed by atoms with Crippen molar-refractivity contribution in [1.82, 2.24) is 36.8 Å². The van der Waals surface area contributed by atoms with Crippen molar-refractivity contribution in [2.75, 3.05) is 19.1 Å². The zero-order valence-corrected chi connectivity index (χ0v) is 33.5. The van der Waals surface area contributed by atoms with Crippen molar-refractivity contribution in [3.8, 4) is 11.5 Å². The molecule has 0 aromatic heterocycles. The number of hydrogen-bond acceptors (Lipinski definition) is 12. The topological polar surface area (TPSA) is 265 Å². The molecule has 59 heavy (non-hydrogen) atoms. The first kappa shape index (κ1) is 44.0. The number of carbonyl (C=O) groups is 7. The number of thioether (sulfide) groups is 1. The molecule has 1 fully saturated rings. The molecule has 3 heterocycles. The Morgan fingerprint density at radius 2 is 1.75 bits per heavy atom. The molecule has 7 amide bonds. The predicted molar refractivity (Wildman–Crippen MR) is 214 cm³/mol. The van der Waals surface area contributed by atoms with E-state index in [1.54, 1.807) is 37.4 Å². The Hall–Kier alpha value is -6.08. The number of carboxylic acid groups (broad SMARTS) is 1. The highest BCUT2D eigenvalue weighted by Gasteiger charge is 2.38. The number of benzene rings is 2. The SMILES string of the molecule is CSCCC(NC(=O)NC(Cc1cccc(O)c1)C(=O)O)C(=O)NC(C(=O)NC=C1CCC(C2C=CC(=O)NC2=O)O1)C(C)N(C)C(=O)C1Cc2cc(O)ccc2CN1. The number of amides is 7. The Kier molecular flexibility index (Phi) is 15.0. The molecule has 316 valence electrons. The standard InChI is InChI=1S/C40H49N7O11S/c1-21(47(2)38(54)30-18-24-17-26(49)8-7-23(24)19-41-30)34(37(53)42-20-27-9-11-32(58-27)28-10-12-33(50)45-35(28)51)46-36(52)29(13-14-59-3)43-40(57)44-31(39(55)56)16-22-5-4-6-25(48)15-22/h4-8,10,12,15,17,20-21,28-32,34,41,48-49H,9,11,13-14,16,18-19H2,1-3H3,(H,42,53)(H,46,52)(H,55,56)(H2,43,44,57)(H,45,50,51). The summed E-state index contributed by atoms with van der Waals surface area (Å²) in [6.45, 7) is 1.94. The van der Waals surface area contributed by atoms with Gasteiger partial charge < -0.3 is 51.5 Å². The molecule has 19 heteroatoms. The number of nitrogens with zero attached hydrogens (tertiary/aromatic N) is 1. The number of ether oxygens (including phenoxy) is 1. The van der Waals surface area contributed by atoms with Crippen molar-refractivity contribution >= 4 is 53.3 Å². The predicted octanol–water partition coefficient (Wildman–Crippen LogP) is 0.526. The number of hydrogen-bond donors (Lipinski definition) is 9. The molecule has 7 atom stereocenters. The number of aromatic hydroxyl groups is 2.